The highest BCUT2D eigenvalue weighted by atomic mass is 16.6. The molecule has 1 saturated carbocycles. The van der Waals surface area contributed by atoms with Crippen LogP contribution in [0.15, 0.2) is 48.2 Å². The van der Waals surface area contributed by atoms with Crippen molar-refractivity contribution in [2.45, 2.75) is 79.8 Å². The van der Waals surface area contributed by atoms with Gasteiger partial charge in [-0.2, -0.15) is 0 Å². The van der Waals surface area contributed by atoms with Crippen LogP contribution >= 0.6 is 0 Å². The number of benzene rings is 2. The number of ether oxygens (including phenoxy) is 6. The molecule has 0 heterocycles. The maximum absolute atomic E-state index is 13.0. The SMILES string of the molecule is Cc1cc(C)c(/C(C(=O)O)=C(\OCc2ccccc2)C2CCC(C(CCOCCOCCOCCOCCOCC(=O)O)CC(C)C)CC2)c(C)c1. The fourth-order valence-corrected chi connectivity index (χ4v) is 7.32. The van der Waals surface area contributed by atoms with Gasteiger partial charge in [0.05, 0.1) is 52.9 Å². The van der Waals surface area contributed by atoms with Crippen molar-refractivity contribution < 1.29 is 48.2 Å². The van der Waals surface area contributed by atoms with E-state index in [2.05, 4.69) is 26.0 Å². The molecule has 290 valence electrons. The van der Waals surface area contributed by atoms with E-state index < -0.39 is 11.9 Å². The summed E-state index contributed by atoms with van der Waals surface area (Å²) in [4.78, 5) is 23.4. The lowest BCUT2D eigenvalue weighted by Gasteiger charge is -2.36. The Labute approximate surface area is 310 Å². The van der Waals surface area contributed by atoms with Crippen LogP contribution in [0, 0.1) is 44.4 Å². The second kappa shape index (κ2) is 24.1. The smallest absolute Gasteiger partial charge is 0.339 e. The number of rotatable bonds is 26. The van der Waals surface area contributed by atoms with Gasteiger partial charge in [-0.15, -0.1) is 0 Å². The van der Waals surface area contributed by atoms with Crippen molar-refractivity contribution in [2.75, 3.05) is 66.1 Å². The van der Waals surface area contributed by atoms with Crippen molar-refractivity contribution in [3.05, 3.63) is 76.0 Å². The highest BCUT2D eigenvalue weighted by molar-refractivity contribution is 6.17. The van der Waals surface area contributed by atoms with E-state index in [0.29, 0.717) is 88.5 Å². The van der Waals surface area contributed by atoms with Crippen molar-refractivity contribution in [1.82, 2.24) is 0 Å². The molecule has 1 aliphatic rings. The first kappa shape index (κ1) is 43.1. The Bertz CT molecular complexity index is 1340. The molecule has 1 atom stereocenters. The lowest BCUT2D eigenvalue weighted by atomic mass is 9.71. The monoisotopic (exact) mass is 726 g/mol. The summed E-state index contributed by atoms with van der Waals surface area (Å²) in [6, 6.07) is 14.1. The van der Waals surface area contributed by atoms with Gasteiger partial charge in [-0.3, -0.25) is 0 Å². The van der Waals surface area contributed by atoms with Crippen LogP contribution in [0.1, 0.15) is 80.2 Å². The molecule has 10 nitrogen and oxygen atoms in total. The lowest BCUT2D eigenvalue weighted by molar-refractivity contribution is -0.142. The van der Waals surface area contributed by atoms with Gasteiger partial charge in [-0.1, -0.05) is 61.9 Å². The summed E-state index contributed by atoms with van der Waals surface area (Å²) in [6.45, 7) is 14.7. The largest absolute Gasteiger partial charge is 0.492 e. The zero-order valence-electron chi connectivity index (χ0n) is 32.0. The minimum absolute atomic E-state index is 0.0424. The van der Waals surface area contributed by atoms with Gasteiger partial charge < -0.3 is 38.6 Å². The van der Waals surface area contributed by atoms with Crippen LogP contribution in [0.25, 0.3) is 5.57 Å². The minimum Gasteiger partial charge on any atom is -0.492 e. The molecule has 0 bridgehead atoms. The number of carboxylic acid groups (broad SMARTS) is 2. The summed E-state index contributed by atoms with van der Waals surface area (Å²) in [5.41, 5.74) is 5.14. The van der Waals surface area contributed by atoms with E-state index in [1.807, 2.05) is 51.1 Å². The van der Waals surface area contributed by atoms with Crippen LogP contribution < -0.4 is 0 Å². The molecule has 0 amide bonds. The third-order valence-electron chi connectivity index (χ3n) is 9.55. The molecule has 0 radical (unpaired) electrons. The predicted molar refractivity (Wildman–Crippen MR) is 201 cm³/mol. The minimum atomic E-state index is -0.995. The van der Waals surface area contributed by atoms with Crippen LogP contribution in [-0.2, 0) is 44.6 Å². The van der Waals surface area contributed by atoms with Gasteiger partial charge in [0, 0.05) is 12.5 Å². The summed E-state index contributed by atoms with van der Waals surface area (Å²) in [7, 11) is 0. The predicted octanol–water partition coefficient (Wildman–Crippen LogP) is 7.65. The second-order valence-electron chi connectivity index (χ2n) is 14.3. The van der Waals surface area contributed by atoms with Crippen LogP contribution in [0.3, 0.4) is 0 Å². The zero-order valence-corrected chi connectivity index (χ0v) is 32.0. The molecule has 0 aromatic heterocycles. The van der Waals surface area contributed by atoms with Gasteiger partial charge in [0.15, 0.2) is 0 Å². The normalized spacial score (nSPS) is 17.2. The van der Waals surface area contributed by atoms with Crippen molar-refractivity contribution in [3.8, 4) is 0 Å². The number of hydrogen-bond donors (Lipinski definition) is 2. The maximum atomic E-state index is 13.0. The van der Waals surface area contributed by atoms with Gasteiger partial charge in [-0.25, -0.2) is 9.59 Å². The first-order valence-corrected chi connectivity index (χ1v) is 18.9. The molecule has 0 saturated heterocycles. The molecular formula is C42H62O10. The van der Waals surface area contributed by atoms with Crippen molar-refractivity contribution >= 4 is 17.5 Å². The van der Waals surface area contributed by atoms with E-state index in [4.69, 9.17) is 33.5 Å². The molecular weight excluding hydrogens is 664 g/mol. The number of carbonyl (C=O) groups is 2. The van der Waals surface area contributed by atoms with E-state index in [1.165, 1.54) is 0 Å². The average Bonchev–Trinajstić information content (AvgIpc) is 3.10. The van der Waals surface area contributed by atoms with Crippen molar-refractivity contribution in [3.63, 3.8) is 0 Å². The molecule has 52 heavy (non-hydrogen) atoms. The van der Waals surface area contributed by atoms with Gasteiger partial charge in [0.1, 0.15) is 24.5 Å². The number of carboxylic acids is 2. The fourth-order valence-electron chi connectivity index (χ4n) is 7.32. The highest BCUT2D eigenvalue weighted by Crippen LogP contribution is 2.43. The number of aliphatic carboxylic acids is 2. The molecule has 1 fully saturated rings. The molecule has 2 aromatic carbocycles. The lowest BCUT2D eigenvalue weighted by Crippen LogP contribution is -2.26. The number of hydrogen-bond acceptors (Lipinski definition) is 8. The van der Waals surface area contributed by atoms with E-state index in [-0.39, 0.29) is 19.1 Å². The molecule has 2 N–H and O–H groups in total. The Balaban J connectivity index is 1.49. The zero-order chi connectivity index (χ0) is 37.7. The fraction of sp³-hybridized carbons (Fsp3) is 0.619. The van der Waals surface area contributed by atoms with Gasteiger partial charge >= 0.3 is 11.9 Å². The summed E-state index contributed by atoms with van der Waals surface area (Å²) in [5, 5.41) is 19.2. The second-order valence-corrected chi connectivity index (χ2v) is 14.3. The molecule has 0 aliphatic heterocycles. The molecule has 1 unspecified atom stereocenters. The summed E-state index contributed by atoms with van der Waals surface area (Å²) in [5.74, 6) is 0.412. The van der Waals surface area contributed by atoms with E-state index >= 15 is 0 Å². The molecule has 1 aliphatic carbocycles. The van der Waals surface area contributed by atoms with Crippen LogP contribution in [0.2, 0.25) is 0 Å². The standard InChI is InChI=1S/C42H62O10/c1-30(2)25-37(15-16-47-17-18-48-19-20-49-21-22-50-23-24-51-29-38(43)44)35-11-13-36(14-12-35)41(52-28-34-9-7-6-8-10-34)40(42(45)46)39-32(4)26-31(3)27-33(39)5/h6-10,26-27,30,35-37H,11-25,28-29H2,1-5H3,(H,43,44)(H,45,46)/b41-40+. The maximum Gasteiger partial charge on any atom is 0.339 e. The van der Waals surface area contributed by atoms with Crippen LogP contribution in [-0.4, -0.2) is 88.2 Å². The highest BCUT2D eigenvalue weighted by Gasteiger charge is 2.34. The topological polar surface area (TPSA) is 130 Å². The molecule has 2 aromatic rings. The average molecular weight is 727 g/mol. The number of allylic oxidation sites excluding steroid dienone is 1. The Morgan fingerprint density at radius 2 is 1.25 bits per heavy atom. The Hall–Kier alpha value is -3.28. The number of aryl methyl sites for hydroxylation is 3. The quantitative estimate of drug-likeness (QED) is 0.0567. The Morgan fingerprint density at radius 1 is 0.731 bits per heavy atom. The Morgan fingerprint density at radius 3 is 1.75 bits per heavy atom. The summed E-state index contributed by atoms with van der Waals surface area (Å²) >= 11 is 0. The van der Waals surface area contributed by atoms with Gasteiger partial charge in [-0.05, 0) is 99.3 Å². The summed E-state index contributed by atoms with van der Waals surface area (Å²) in [6.07, 6.45) is 5.99. The van der Waals surface area contributed by atoms with E-state index in [0.717, 1.165) is 66.3 Å². The van der Waals surface area contributed by atoms with Crippen molar-refractivity contribution in [2.24, 2.45) is 23.7 Å². The van der Waals surface area contributed by atoms with Crippen LogP contribution in [0.5, 0.6) is 0 Å². The van der Waals surface area contributed by atoms with Crippen LogP contribution in [0.4, 0.5) is 0 Å². The van der Waals surface area contributed by atoms with E-state index in [1.54, 1.807) is 0 Å². The summed E-state index contributed by atoms with van der Waals surface area (Å²) < 4.78 is 33.9. The third kappa shape index (κ3) is 15.8. The third-order valence-corrected chi connectivity index (χ3v) is 9.55. The van der Waals surface area contributed by atoms with Crippen molar-refractivity contribution in [1.29, 1.82) is 0 Å². The first-order valence-electron chi connectivity index (χ1n) is 18.9. The Kier molecular flexibility index (Phi) is 20.0. The van der Waals surface area contributed by atoms with Gasteiger partial charge in [0.25, 0.3) is 0 Å². The molecule has 0 spiro atoms. The molecule has 3 rings (SSSR count). The van der Waals surface area contributed by atoms with Gasteiger partial charge in [0.2, 0.25) is 0 Å². The molecule has 10 heteroatoms. The first-order chi connectivity index (χ1) is 25.1. The van der Waals surface area contributed by atoms with E-state index in [9.17, 15) is 14.7 Å².